The molecule has 0 radical (unpaired) electrons. The predicted octanol–water partition coefficient (Wildman–Crippen LogP) is 4.39. The highest BCUT2D eigenvalue weighted by atomic mass is 35.5. The van der Waals surface area contributed by atoms with E-state index < -0.39 is 25.9 Å². The number of hydrogen-bond acceptors (Lipinski definition) is 5. The van der Waals surface area contributed by atoms with Gasteiger partial charge in [-0.2, -0.15) is 0 Å². The molecule has 166 valence electrons. The molecule has 0 aliphatic carbocycles. The fraction of sp³-hybridized carbons (Fsp3) is 0.250. The molecule has 0 saturated heterocycles. The van der Waals surface area contributed by atoms with Crippen LogP contribution in [0.4, 0.5) is 0 Å². The van der Waals surface area contributed by atoms with Crippen LogP contribution in [0.1, 0.15) is 31.1 Å². The number of aromatic nitrogens is 2. The molecule has 1 atom stereocenters. The quantitative estimate of drug-likeness (QED) is 0.517. The zero-order valence-corrected chi connectivity index (χ0v) is 20.1. The van der Waals surface area contributed by atoms with E-state index in [0.29, 0.717) is 5.69 Å². The highest BCUT2D eigenvalue weighted by molar-refractivity contribution is 7.91. The van der Waals surface area contributed by atoms with Crippen LogP contribution in [0, 0.1) is 6.92 Å². The van der Waals surface area contributed by atoms with E-state index in [2.05, 4.69) is 9.71 Å². The zero-order valence-electron chi connectivity index (χ0n) is 17.0. The van der Waals surface area contributed by atoms with Crippen molar-refractivity contribution in [3.63, 3.8) is 0 Å². The van der Waals surface area contributed by atoms with Gasteiger partial charge >= 0.3 is 0 Å². The second kappa shape index (κ2) is 8.91. The summed E-state index contributed by atoms with van der Waals surface area (Å²) in [6.45, 7) is 5.53. The molecule has 0 saturated carbocycles. The van der Waals surface area contributed by atoms with Crippen LogP contribution >= 0.6 is 23.2 Å². The van der Waals surface area contributed by atoms with E-state index >= 15 is 0 Å². The van der Waals surface area contributed by atoms with Crippen molar-refractivity contribution < 1.29 is 16.8 Å². The van der Waals surface area contributed by atoms with Gasteiger partial charge in [0.15, 0.2) is 0 Å². The summed E-state index contributed by atoms with van der Waals surface area (Å²) in [5, 5.41) is 0.209. The minimum Gasteiger partial charge on any atom is -0.317 e. The van der Waals surface area contributed by atoms with E-state index in [1.807, 2.05) is 6.92 Å². The van der Waals surface area contributed by atoms with Gasteiger partial charge in [-0.05, 0) is 51.1 Å². The number of hydrogen-bond donors (Lipinski definition) is 1. The smallest absolute Gasteiger partial charge is 0.241 e. The Hall–Kier alpha value is -1.91. The number of sulfone groups is 1. The van der Waals surface area contributed by atoms with E-state index in [0.717, 1.165) is 5.56 Å². The molecule has 11 heteroatoms. The maximum Gasteiger partial charge on any atom is 0.241 e. The van der Waals surface area contributed by atoms with Crippen LogP contribution in [0.25, 0.3) is 0 Å². The molecular formula is C20H21Cl2N3O4S2. The third-order valence-electron chi connectivity index (χ3n) is 4.71. The number of sulfonamides is 1. The van der Waals surface area contributed by atoms with Crippen molar-refractivity contribution in [2.24, 2.45) is 0 Å². The Labute approximate surface area is 192 Å². The summed E-state index contributed by atoms with van der Waals surface area (Å²) in [6.07, 6.45) is 1.37. The first kappa shape index (κ1) is 23.7. The van der Waals surface area contributed by atoms with E-state index in [4.69, 9.17) is 23.2 Å². The number of benzene rings is 2. The molecular weight excluding hydrogens is 481 g/mol. The fourth-order valence-corrected chi connectivity index (χ4v) is 6.10. The zero-order chi connectivity index (χ0) is 23.0. The van der Waals surface area contributed by atoms with Crippen molar-refractivity contribution in [3.05, 3.63) is 70.0 Å². The number of rotatable bonds is 7. The van der Waals surface area contributed by atoms with E-state index in [9.17, 15) is 16.8 Å². The average Bonchev–Trinajstić information content (AvgIpc) is 3.15. The van der Waals surface area contributed by atoms with Crippen molar-refractivity contribution in [3.8, 4) is 0 Å². The van der Waals surface area contributed by atoms with E-state index in [-0.39, 0.29) is 31.5 Å². The SMILES string of the molecule is CCn1c(C(C)NS(=O)(=O)c2ccc(Cl)c(Cl)c2)cnc1S(=O)(=O)c1ccc(C)cc1. The normalized spacial score (nSPS) is 13.3. The molecule has 31 heavy (non-hydrogen) atoms. The van der Waals surface area contributed by atoms with Crippen molar-refractivity contribution in [2.45, 2.75) is 48.3 Å². The van der Waals surface area contributed by atoms with Gasteiger partial charge in [0.2, 0.25) is 25.0 Å². The number of halogens is 2. The number of nitrogens with zero attached hydrogens (tertiary/aromatic N) is 2. The topological polar surface area (TPSA) is 98.1 Å². The Morgan fingerprint density at radius 1 is 1.00 bits per heavy atom. The molecule has 0 spiro atoms. The molecule has 3 aromatic rings. The first-order valence-corrected chi connectivity index (χ1v) is 13.0. The maximum atomic E-state index is 13.1. The summed E-state index contributed by atoms with van der Waals surface area (Å²) < 4.78 is 55.7. The molecule has 0 amide bonds. The second-order valence-corrected chi connectivity index (χ2v) is 11.3. The van der Waals surface area contributed by atoms with Crippen LogP contribution in [-0.4, -0.2) is 26.4 Å². The number of nitrogens with one attached hydrogen (secondary N) is 1. The van der Waals surface area contributed by atoms with Crippen molar-refractivity contribution >= 4 is 43.1 Å². The summed E-state index contributed by atoms with van der Waals surface area (Å²) in [7, 11) is -7.81. The van der Waals surface area contributed by atoms with Crippen molar-refractivity contribution in [1.29, 1.82) is 0 Å². The minimum atomic E-state index is -3.94. The monoisotopic (exact) mass is 501 g/mol. The van der Waals surface area contributed by atoms with Crippen molar-refractivity contribution in [2.75, 3.05) is 0 Å². The van der Waals surface area contributed by atoms with Gasteiger partial charge in [0.1, 0.15) is 0 Å². The summed E-state index contributed by atoms with van der Waals surface area (Å²) in [6, 6.07) is 9.70. The van der Waals surface area contributed by atoms with Gasteiger partial charge in [0.05, 0.1) is 37.8 Å². The van der Waals surface area contributed by atoms with Gasteiger partial charge in [0, 0.05) is 6.54 Å². The summed E-state index contributed by atoms with van der Waals surface area (Å²) in [5.41, 5.74) is 1.35. The third-order valence-corrected chi connectivity index (χ3v) is 8.69. The first-order valence-electron chi connectivity index (χ1n) is 9.32. The molecule has 7 nitrogen and oxygen atoms in total. The van der Waals surface area contributed by atoms with Gasteiger partial charge < -0.3 is 4.57 Å². The molecule has 0 bridgehead atoms. The predicted molar refractivity (Wildman–Crippen MR) is 120 cm³/mol. The molecule has 1 aromatic heterocycles. The molecule has 1 unspecified atom stereocenters. The van der Waals surface area contributed by atoms with Gasteiger partial charge in [0.25, 0.3) is 0 Å². The third kappa shape index (κ3) is 4.80. The Balaban J connectivity index is 1.96. The van der Waals surface area contributed by atoms with E-state index in [1.165, 1.54) is 41.1 Å². The molecule has 1 N–H and O–H groups in total. The van der Waals surface area contributed by atoms with Crippen LogP contribution in [-0.2, 0) is 26.4 Å². The largest absolute Gasteiger partial charge is 0.317 e. The lowest BCUT2D eigenvalue weighted by Crippen LogP contribution is -2.28. The van der Waals surface area contributed by atoms with Gasteiger partial charge in [-0.25, -0.2) is 26.5 Å². The lowest BCUT2D eigenvalue weighted by Gasteiger charge is -2.17. The van der Waals surface area contributed by atoms with Crippen LogP contribution in [0.15, 0.2) is 63.6 Å². The van der Waals surface area contributed by atoms with Crippen LogP contribution < -0.4 is 4.72 Å². The summed E-state index contributed by atoms with van der Waals surface area (Å²) in [4.78, 5) is 4.18. The standard InChI is InChI=1S/C20H21Cl2N3O4S2/c1-4-25-19(12-23-20(25)30(26,27)15-7-5-13(2)6-8-15)14(3)24-31(28,29)16-9-10-17(21)18(22)11-16/h5-12,14,24H,4H2,1-3H3. The molecule has 2 aromatic carbocycles. The van der Waals surface area contributed by atoms with Crippen molar-refractivity contribution in [1.82, 2.24) is 14.3 Å². The summed E-state index contributed by atoms with van der Waals surface area (Å²) >= 11 is 11.8. The molecule has 0 fully saturated rings. The number of aryl methyl sites for hydroxylation is 1. The van der Waals surface area contributed by atoms with Gasteiger partial charge in [-0.15, -0.1) is 0 Å². The molecule has 3 rings (SSSR count). The van der Waals surface area contributed by atoms with Gasteiger partial charge in [-0.1, -0.05) is 40.9 Å². The fourth-order valence-electron chi connectivity index (χ4n) is 3.08. The summed E-state index contributed by atoms with van der Waals surface area (Å²) in [5.74, 6) is 0. The lowest BCUT2D eigenvalue weighted by atomic mass is 10.2. The van der Waals surface area contributed by atoms with E-state index in [1.54, 1.807) is 26.0 Å². The Morgan fingerprint density at radius 3 is 2.19 bits per heavy atom. The van der Waals surface area contributed by atoms with Crippen LogP contribution in [0.2, 0.25) is 10.0 Å². The van der Waals surface area contributed by atoms with Gasteiger partial charge in [-0.3, -0.25) is 0 Å². The highest BCUT2D eigenvalue weighted by Gasteiger charge is 2.28. The second-order valence-electron chi connectivity index (χ2n) is 6.95. The molecule has 0 aliphatic rings. The first-order chi connectivity index (χ1) is 14.5. The Morgan fingerprint density at radius 2 is 1.61 bits per heavy atom. The lowest BCUT2D eigenvalue weighted by molar-refractivity contribution is 0.535. The maximum absolute atomic E-state index is 13.1. The number of imidazole rings is 1. The highest BCUT2D eigenvalue weighted by Crippen LogP contribution is 2.27. The molecule has 0 aliphatic heterocycles. The van der Waals surface area contributed by atoms with Crippen LogP contribution in [0.5, 0.6) is 0 Å². The Bertz CT molecular complexity index is 1320. The average molecular weight is 502 g/mol. The Kier molecular flexibility index (Phi) is 6.83. The van der Waals surface area contributed by atoms with Crippen LogP contribution in [0.3, 0.4) is 0 Å². The minimum absolute atomic E-state index is 0.0520. The molecule has 1 heterocycles.